The Morgan fingerprint density at radius 3 is 2.38 bits per heavy atom. The molecule has 0 aliphatic carbocycles. The topological polar surface area (TPSA) is 48.9 Å². The molecular formula is C19H34N4O. The molecule has 0 saturated carbocycles. The maximum atomic E-state index is 5.43. The zero-order valence-electron chi connectivity index (χ0n) is 16.3. The summed E-state index contributed by atoms with van der Waals surface area (Å²) in [7, 11) is 5.66. The average molecular weight is 335 g/mol. The lowest BCUT2D eigenvalue weighted by Crippen LogP contribution is -2.45. The number of nitrogens with zero attached hydrogens (tertiary/aromatic N) is 2. The summed E-state index contributed by atoms with van der Waals surface area (Å²) in [5.41, 5.74) is 2.41. The predicted molar refractivity (Wildman–Crippen MR) is 102 cm³/mol. The second-order valence-electron chi connectivity index (χ2n) is 7.02. The highest BCUT2D eigenvalue weighted by Gasteiger charge is 2.16. The molecule has 0 fully saturated rings. The summed E-state index contributed by atoms with van der Waals surface area (Å²) in [5.74, 6) is 0.784. The van der Waals surface area contributed by atoms with Crippen molar-refractivity contribution in [2.45, 2.75) is 52.4 Å². The van der Waals surface area contributed by atoms with Crippen LogP contribution in [-0.2, 0) is 17.8 Å². The number of rotatable bonds is 8. The number of ether oxygens (including phenoxy) is 1. The fourth-order valence-electron chi connectivity index (χ4n) is 2.10. The van der Waals surface area contributed by atoms with Gasteiger partial charge in [0.1, 0.15) is 0 Å². The summed E-state index contributed by atoms with van der Waals surface area (Å²) in [6.45, 7) is 10.9. The third-order valence-electron chi connectivity index (χ3n) is 4.32. The summed E-state index contributed by atoms with van der Waals surface area (Å²) >= 11 is 0. The van der Waals surface area contributed by atoms with Crippen LogP contribution in [0.4, 0.5) is 0 Å². The van der Waals surface area contributed by atoms with Gasteiger partial charge in [-0.2, -0.15) is 0 Å². The highest BCUT2D eigenvalue weighted by molar-refractivity contribution is 5.79. The van der Waals surface area contributed by atoms with Gasteiger partial charge in [-0.1, -0.05) is 24.3 Å². The van der Waals surface area contributed by atoms with E-state index in [0.29, 0.717) is 12.6 Å². The number of methoxy groups -OCH3 is 1. The van der Waals surface area contributed by atoms with Crippen LogP contribution in [0.15, 0.2) is 29.3 Å². The highest BCUT2D eigenvalue weighted by atomic mass is 16.5. The predicted octanol–water partition coefficient (Wildman–Crippen LogP) is 2.62. The molecule has 0 radical (unpaired) electrons. The minimum Gasteiger partial charge on any atom is -0.377 e. The first-order valence-corrected chi connectivity index (χ1v) is 8.55. The van der Waals surface area contributed by atoms with E-state index in [4.69, 9.17) is 4.74 Å². The van der Waals surface area contributed by atoms with Gasteiger partial charge in [-0.3, -0.25) is 9.89 Å². The lowest BCUT2D eigenvalue weighted by molar-refractivity contribution is 0.0268. The molecule has 0 aromatic heterocycles. The molecule has 0 unspecified atom stereocenters. The van der Waals surface area contributed by atoms with Crippen molar-refractivity contribution < 1.29 is 4.74 Å². The zero-order chi connectivity index (χ0) is 18.2. The molecule has 0 bridgehead atoms. The number of guanidine groups is 1. The summed E-state index contributed by atoms with van der Waals surface area (Å²) in [4.78, 5) is 6.63. The Morgan fingerprint density at radius 1 is 1.21 bits per heavy atom. The van der Waals surface area contributed by atoms with Crippen molar-refractivity contribution in [3.63, 3.8) is 0 Å². The number of nitrogens with one attached hydrogen (secondary N) is 2. The maximum Gasteiger partial charge on any atom is 0.191 e. The van der Waals surface area contributed by atoms with Crippen molar-refractivity contribution in [3.05, 3.63) is 35.4 Å². The van der Waals surface area contributed by atoms with Gasteiger partial charge in [-0.15, -0.1) is 0 Å². The Kier molecular flexibility index (Phi) is 8.22. The first-order valence-electron chi connectivity index (χ1n) is 8.55. The van der Waals surface area contributed by atoms with Crippen molar-refractivity contribution in [3.8, 4) is 0 Å². The molecule has 1 aromatic rings. The fraction of sp³-hybridized carbons (Fsp3) is 0.632. The van der Waals surface area contributed by atoms with Crippen LogP contribution in [0, 0.1) is 0 Å². The Morgan fingerprint density at radius 2 is 1.83 bits per heavy atom. The molecule has 0 amide bonds. The van der Waals surface area contributed by atoms with Gasteiger partial charge < -0.3 is 15.4 Å². The van der Waals surface area contributed by atoms with Crippen molar-refractivity contribution in [1.82, 2.24) is 15.5 Å². The SMILES string of the molecule is CN=C(NCc1ccccc1CN(C)C(C)C)NCC(C)(C)OC. The molecule has 1 aromatic carbocycles. The monoisotopic (exact) mass is 334 g/mol. The molecule has 136 valence electrons. The molecular weight excluding hydrogens is 300 g/mol. The zero-order valence-corrected chi connectivity index (χ0v) is 16.3. The van der Waals surface area contributed by atoms with E-state index in [9.17, 15) is 0 Å². The smallest absolute Gasteiger partial charge is 0.191 e. The molecule has 1 rings (SSSR count). The van der Waals surface area contributed by atoms with Gasteiger partial charge in [0, 0.05) is 39.8 Å². The molecule has 0 heterocycles. The largest absolute Gasteiger partial charge is 0.377 e. The van der Waals surface area contributed by atoms with Crippen LogP contribution in [0.2, 0.25) is 0 Å². The quantitative estimate of drug-likeness (QED) is 0.567. The molecule has 24 heavy (non-hydrogen) atoms. The van der Waals surface area contributed by atoms with E-state index in [1.807, 2.05) is 13.8 Å². The van der Waals surface area contributed by atoms with Crippen LogP contribution >= 0.6 is 0 Å². The van der Waals surface area contributed by atoms with Gasteiger partial charge in [0.15, 0.2) is 5.96 Å². The molecule has 0 aliphatic heterocycles. The van der Waals surface area contributed by atoms with E-state index in [1.165, 1.54) is 11.1 Å². The minimum absolute atomic E-state index is 0.227. The van der Waals surface area contributed by atoms with E-state index in [-0.39, 0.29) is 5.60 Å². The second-order valence-corrected chi connectivity index (χ2v) is 7.02. The number of aliphatic imine (C=N–C) groups is 1. The van der Waals surface area contributed by atoms with Crippen LogP contribution in [-0.4, -0.2) is 50.3 Å². The standard InChI is InChI=1S/C19H34N4O/c1-15(2)23(6)13-17-11-9-8-10-16(17)12-21-18(20-5)22-14-19(3,4)24-7/h8-11,15H,12-14H2,1-7H3,(H2,20,21,22). The number of hydrogen-bond donors (Lipinski definition) is 2. The highest BCUT2D eigenvalue weighted by Crippen LogP contribution is 2.12. The van der Waals surface area contributed by atoms with Gasteiger partial charge >= 0.3 is 0 Å². The van der Waals surface area contributed by atoms with Crippen molar-refractivity contribution >= 4 is 5.96 Å². The van der Waals surface area contributed by atoms with Crippen LogP contribution in [0.1, 0.15) is 38.8 Å². The molecule has 5 nitrogen and oxygen atoms in total. The van der Waals surface area contributed by atoms with Gasteiger partial charge in [-0.05, 0) is 45.9 Å². The summed E-state index contributed by atoms with van der Waals surface area (Å²) < 4.78 is 5.43. The molecule has 0 atom stereocenters. The molecule has 2 N–H and O–H groups in total. The van der Waals surface area contributed by atoms with E-state index in [2.05, 4.69) is 65.7 Å². The van der Waals surface area contributed by atoms with Crippen molar-refractivity contribution in [2.24, 2.45) is 4.99 Å². The van der Waals surface area contributed by atoms with Gasteiger partial charge in [0.25, 0.3) is 0 Å². The van der Waals surface area contributed by atoms with Crippen molar-refractivity contribution in [2.75, 3.05) is 27.7 Å². The number of hydrogen-bond acceptors (Lipinski definition) is 3. The third-order valence-corrected chi connectivity index (χ3v) is 4.32. The summed E-state index contributed by atoms with van der Waals surface area (Å²) in [5, 5.41) is 6.70. The number of benzene rings is 1. The van der Waals surface area contributed by atoms with E-state index < -0.39 is 0 Å². The average Bonchev–Trinajstić information content (AvgIpc) is 2.56. The van der Waals surface area contributed by atoms with Crippen LogP contribution < -0.4 is 10.6 Å². The van der Waals surface area contributed by atoms with Crippen LogP contribution in [0.3, 0.4) is 0 Å². The lowest BCUT2D eigenvalue weighted by atomic mass is 10.1. The minimum atomic E-state index is -0.227. The normalized spacial score (nSPS) is 12.8. The lowest BCUT2D eigenvalue weighted by Gasteiger charge is -2.25. The van der Waals surface area contributed by atoms with Crippen LogP contribution in [0.5, 0.6) is 0 Å². The molecule has 5 heteroatoms. The van der Waals surface area contributed by atoms with Crippen molar-refractivity contribution in [1.29, 1.82) is 0 Å². The first-order chi connectivity index (χ1) is 11.3. The maximum absolute atomic E-state index is 5.43. The van der Waals surface area contributed by atoms with E-state index >= 15 is 0 Å². The summed E-state index contributed by atoms with van der Waals surface area (Å²) in [6.07, 6.45) is 0. The Hall–Kier alpha value is -1.59. The fourth-order valence-corrected chi connectivity index (χ4v) is 2.10. The van der Waals surface area contributed by atoms with Gasteiger partial charge in [0.05, 0.1) is 5.60 Å². The summed E-state index contributed by atoms with van der Waals surface area (Å²) in [6, 6.07) is 9.07. The molecule has 0 aliphatic rings. The Bertz CT molecular complexity index is 526. The molecule has 0 saturated heterocycles. The van der Waals surface area contributed by atoms with Gasteiger partial charge in [0.2, 0.25) is 0 Å². The second kappa shape index (κ2) is 9.64. The molecule has 0 spiro atoms. The van der Waals surface area contributed by atoms with E-state index in [1.54, 1.807) is 14.2 Å². The first kappa shape index (κ1) is 20.5. The Balaban J connectivity index is 2.66. The van der Waals surface area contributed by atoms with Gasteiger partial charge in [-0.25, -0.2) is 0 Å². The Labute approximate surface area is 147 Å². The van der Waals surface area contributed by atoms with Crippen LogP contribution in [0.25, 0.3) is 0 Å². The third kappa shape index (κ3) is 6.89. The van der Waals surface area contributed by atoms with E-state index in [0.717, 1.165) is 19.0 Å².